The molecular formula is C18H21N5O4. The van der Waals surface area contributed by atoms with Crippen LogP contribution >= 0.6 is 0 Å². The molecule has 9 nitrogen and oxygen atoms in total. The van der Waals surface area contributed by atoms with E-state index in [1.807, 2.05) is 0 Å². The summed E-state index contributed by atoms with van der Waals surface area (Å²) < 4.78 is 11.3. The summed E-state index contributed by atoms with van der Waals surface area (Å²) in [4.78, 5) is 21.8. The van der Waals surface area contributed by atoms with Gasteiger partial charge in [-0.05, 0) is 12.1 Å². The van der Waals surface area contributed by atoms with Crippen LogP contribution in [0.2, 0.25) is 0 Å². The van der Waals surface area contributed by atoms with Crippen molar-refractivity contribution in [1.82, 2.24) is 10.6 Å². The van der Waals surface area contributed by atoms with Crippen molar-refractivity contribution in [3.63, 3.8) is 0 Å². The summed E-state index contributed by atoms with van der Waals surface area (Å²) in [6.45, 7) is 3.98. The lowest BCUT2D eigenvalue weighted by molar-refractivity contribution is -0.119. The van der Waals surface area contributed by atoms with E-state index in [0.717, 1.165) is 0 Å². The predicted molar refractivity (Wildman–Crippen MR) is 97.7 cm³/mol. The predicted octanol–water partition coefficient (Wildman–Crippen LogP) is 1.06. The van der Waals surface area contributed by atoms with E-state index in [4.69, 9.17) is 20.0 Å². The lowest BCUT2D eigenvalue weighted by Gasteiger charge is -2.14. The first-order chi connectivity index (χ1) is 13.0. The smallest absolute Gasteiger partial charge is 0.216 e. The van der Waals surface area contributed by atoms with Gasteiger partial charge in [-0.1, -0.05) is 0 Å². The molecule has 0 unspecified atom stereocenters. The van der Waals surface area contributed by atoms with Crippen molar-refractivity contribution < 1.29 is 19.1 Å². The van der Waals surface area contributed by atoms with Gasteiger partial charge in [-0.15, -0.1) is 0 Å². The van der Waals surface area contributed by atoms with Gasteiger partial charge < -0.3 is 25.4 Å². The molecule has 0 atom stereocenters. The Hall–Kier alpha value is -3.72. The summed E-state index contributed by atoms with van der Waals surface area (Å²) in [7, 11) is 0. The fraction of sp³-hybridized carbons (Fsp3) is 0.333. The van der Waals surface area contributed by atoms with Crippen LogP contribution in [0, 0.1) is 22.7 Å². The zero-order valence-corrected chi connectivity index (χ0v) is 15.2. The molecule has 3 N–H and O–H groups in total. The van der Waals surface area contributed by atoms with Crippen molar-refractivity contribution in [2.45, 2.75) is 13.8 Å². The Morgan fingerprint density at radius 3 is 2.07 bits per heavy atom. The first-order valence-corrected chi connectivity index (χ1v) is 8.11. The number of carbonyl (C=O) groups excluding carboxylic acids is 2. The molecular weight excluding hydrogens is 350 g/mol. The Morgan fingerprint density at radius 2 is 1.56 bits per heavy atom. The minimum absolute atomic E-state index is 0.0706. The first-order valence-electron chi connectivity index (χ1n) is 8.11. The quantitative estimate of drug-likeness (QED) is 0.413. The maximum atomic E-state index is 10.9. The van der Waals surface area contributed by atoms with Gasteiger partial charge in [0.05, 0.1) is 13.1 Å². The number of amides is 2. The number of hydrogen-bond acceptors (Lipinski definition) is 7. The Balaban J connectivity index is 2.82. The highest BCUT2D eigenvalue weighted by Crippen LogP contribution is 2.30. The number of rotatable bonds is 10. The van der Waals surface area contributed by atoms with Gasteiger partial charge in [-0.3, -0.25) is 9.59 Å². The van der Waals surface area contributed by atoms with Gasteiger partial charge in [0.1, 0.15) is 30.9 Å². The van der Waals surface area contributed by atoms with Crippen LogP contribution in [0.15, 0.2) is 30.0 Å². The molecule has 142 valence electrons. The number of anilines is 1. The number of benzene rings is 1. The summed E-state index contributed by atoms with van der Waals surface area (Å²) in [5.74, 6) is 0.560. The topological polar surface area (TPSA) is 136 Å². The normalized spacial score (nSPS) is 9.19. The second-order valence-electron chi connectivity index (χ2n) is 5.25. The third kappa shape index (κ3) is 8.79. The van der Waals surface area contributed by atoms with Gasteiger partial charge in [0, 0.05) is 31.8 Å². The molecule has 1 rings (SSSR count). The maximum Gasteiger partial charge on any atom is 0.216 e. The Labute approximate surface area is 157 Å². The van der Waals surface area contributed by atoms with Crippen LogP contribution in [-0.2, 0) is 9.59 Å². The monoisotopic (exact) mass is 371 g/mol. The van der Waals surface area contributed by atoms with Crippen LogP contribution in [0.5, 0.6) is 11.5 Å². The van der Waals surface area contributed by atoms with Gasteiger partial charge in [-0.2, -0.15) is 10.5 Å². The molecule has 2 amide bonds. The van der Waals surface area contributed by atoms with Crippen molar-refractivity contribution >= 4 is 17.5 Å². The first kappa shape index (κ1) is 21.3. The van der Waals surface area contributed by atoms with Crippen molar-refractivity contribution in [3.8, 4) is 23.6 Å². The van der Waals surface area contributed by atoms with E-state index in [1.54, 1.807) is 30.3 Å². The third-order valence-corrected chi connectivity index (χ3v) is 3.03. The molecule has 0 aliphatic rings. The molecule has 0 aliphatic carbocycles. The van der Waals surface area contributed by atoms with Crippen LogP contribution in [0.1, 0.15) is 13.8 Å². The van der Waals surface area contributed by atoms with E-state index < -0.39 is 0 Å². The van der Waals surface area contributed by atoms with Crippen LogP contribution in [-0.4, -0.2) is 38.1 Å². The van der Waals surface area contributed by atoms with Gasteiger partial charge >= 0.3 is 0 Å². The molecule has 0 radical (unpaired) electrons. The number of ether oxygens (including phenoxy) is 2. The van der Waals surface area contributed by atoms with Crippen molar-refractivity contribution in [3.05, 3.63) is 30.0 Å². The average molecular weight is 371 g/mol. The second-order valence-corrected chi connectivity index (χ2v) is 5.25. The van der Waals surface area contributed by atoms with Crippen LogP contribution in [0.4, 0.5) is 5.69 Å². The molecule has 1 aromatic rings. The van der Waals surface area contributed by atoms with Crippen LogP contribution < -0.4 is 25.4 Å². The molecule has 0 saturated carbocycles. The minimum Gasteiger partial charge on any atom is -0.488 e. The molecule has 0 fully saturated rings. The third-order valence-electron chi connectivity index (χ3n) is 3.03. The van der Waals surface area contributed by atoms with Crippen LogP contribution in [0.25, 0.3) is 0 Å². The molecule has 0 heterocycles. The highest BCUT2D eigenvalue weighted by molar-refractivity contribution is 5.73. The molecule has 27 heavy (non-hydrogen) atoms. The second kappa shape index (κ2) is 11.8. The average Bonchev–Trinajstić information content (AvgIpc) is 2.64. The summed E-state index contributed by atoms with van der Waals surface area (Å²) in [5, 5.41) is 25.6. The Morgan fingerprint density at radius 1 is 1.00 bits per heavy atom. The van der Waals surface area contributed by atoms with Gasteiger partial charge in [0.15, 0.2) is 11.5 Å². The van der Waals surface area contributed by atoms with E-state index in [0.29, 0.717) is 30.3 Å². The number of nitrogens with one attached hydrogen (secondary N) is 3. The molecule has 1 aromatic carbocycles. The van der Waals surface area contributed by atoms with E-state index in [-0.39, 0.29) is 30.6 Å². The van der Waals surface area contributed by atoms with E-state index >= 15 is 0 Å². The summed E-state index contributed by atoms with van der Waals surface area (Å²) in [5.41, 5.74) is 0.514. The molecule has 9 heteroatoms. The fourth-order valence-corrected chi connectivity index (χ4v) is 1.85. The van der Waals surface area contributed by atoms with Gasteiger partial charge in [0.2, 0.25) is 11.8 Å². The zero-order valence-electron chi connectivity index (χ0n) is 15.2. The zero-order chi connectivity index (χ0) is 20.1. The van der Waals surface area contributed by atoms with Crippen molar-refractivity contribution in [2.24, 2.45) is 0 Å². The molecule has 0 aromatic heterocycles. The van der Waals surface area contributed by atoms with Crippen LogP contribution in [0.3, 0.4) is 0 Å². The highest BCUT2D eigenvalue weighted by atomic mass is 16.5. The lowest BCUT2D eigenvalue weighted by Crippen LogP contribution is -2.26. The number of hydrogen-bond donors (Lipinski definition) is 3. The Bertz CT molecular complexity index is 761. The number of nitriles is 2. The molecule has 0 bridgehead atoms. The van der Waals surface area contributed by atoms with Gasteiger partial charge in [0.25, 0.3) is 0 Å². The largest absolute Gasteiger partial charge is 0.488 e. The number of allylic oxidation sites excluding steroid dienone is 1. The maximum absolute atomic E-state index is 10.9. The highest BCUT2D eigenvalue weighted by Gasteiger charge is 2.08. The Kier molecular flexibility index (Phi) is 9.29. The molecule has 0 spiro atoms. The molecule has 0 aliphatic heterocycles. The fourth-order valence-electron chi connectivity index (χ4n) is 1.85. The molecule has 0 saturated heterocycles. The van der Waals surface area contributed by atoms with E-state index in [1.165, 1.54) is 20.0 Å². The SMILES string of the molecule is CC(=O)NCCOc1ccc(NC=C(C#N)C#N)cc1OCCNC(C)=O. The van der Waals surface area contributed by atoms with Gasteiger partial charge in [-0.25, -0.2) is 0 Å². The van der Waals surface area contributed by atoms with E-state index in [9.17, 15) is 9.59 Å². The van der Waals surface area contributed by atoms with Crippen molar-refractivity contribution in [1.29, 1.82) is 10.5 Å². The standard InChI is InChI=1S/C18H21N5O4/c1-13(24)21-5-7-26-17-4-3-16(23-12-15(10-19)11-20)9-18(17)27-8-6-22-14(2)25/h3-4,9,12,23H,5-8H2,1-2H3,(H,21,24)(H,22,25). The summed E-state index contributed by atoms with van der Waals surface area (Å²) in [6, 6.07) is 8.50. The minimum atomic E-state index is -0.161. The van der Waals surface area contributed by atoms with Crippen molar-refractivity contribution in [2.75, 3.05) is 31.6 Å². The number of nitrogens with zero attached hydrogens (tertiary/aromatic N) is 2. The summed E-state index contributed by atoms with van der Waals surface area (Å²) in [6.07, 6.45) is 1.29. The number of carbonyl (C=O) groups is 2. The lowest BCUT2D eigenvalue weighted by atomic mass is 10.2. The van der Waals surface area contributed by atoms with E-state index in [2.05, 4.69) is 16.0 Å². The summed E-state index contributed by atoms with van der Waals surface area (Å²) >= 11 is 0.